The van der Waals surface area contributed by atoms with Crippen molar-refractivity contribution >= 4 is 31.5 Å². The summed E-state index contributed by atoms with van der Waals surface area (Å²) in [6.45, 7) is 2.12. The van der Waals surface area contributed by atoms with Gasteiger partial charge in [0.25, 0.3) is 0 Å². The molecule has 0 aliphatic rings. The van der Waals surface area contributed by atoms with E-state index in [0.717, 1.165) is 22.3 Å². The summed E-state index contributed by atoms with van der Waals surface area (Å²) in [7, 11) is 0. The lowest BCUT2D eigenvalue weighted by molar-refractivity contribution is 1.07. The van der Waals surface area contributed by atoms with E-state index < -0.39 is 0 Å². The fourth-order valence-electron chi connectivity index (χ4n) is 6.69. The van der Waals surface area contributed by atoms with Crippen LogP contribution in [0.15, 0.2) is 170 Å². The van der Waals surface area contributed by atoms with Crippen LogP contribution in [0.4, 0.5) is 0 Å². The molecule has 0 radical (unpaired) electrons. The van der Waals surface area contributed by atoms with Crippen LogP contribution in [-0.2, 0) is 0 Å². The number of nitrogens with zero attached hydrogens (tertiary/aromatic N) is 3. The molecule has 2 aromatic heterocycles. The minimum atomic E-state index is 0.654. The van der Waals surface area contributed by atoms with Gasteiger partial charge in [-0.3, -0.25) is 0 Å². The second kappa shape index (κ2) is 12.7. The molecule has 50 heavy (non-hydrogen) atoms. The molecule has 9 rings (SSSR count). The third kappa shape index (κ3) is 5.66. The smallest absolute Gasteiger partial charge is 0.164 e. The van der Waals surface area contributed by atoms with Crippen molar-refractivity contribution in [1.82, 2.24) is 15.0 Å². The number of aromatic nitrogens is 3. The molecule has 0 aliphatic heterocycles. The Kier molecular flexibility index (Phi) is 7.57. The van der Waals surface area contributed by atoms with Gasteiger partial charge in [-0.15, -0.1) is 11.3 Å². The molecule has 0 aliphatic carbocycles. The van der Waals surface area contributed by atoms with Gasteiger partial charge < -0.3 is 0 Å². The highest BCUT2D eigenvalue weighted by molar-refractivity contribution is 7.26. The Hall–Kier alpha value is -6.23. The van der Waals surface area contributed by atoms with Gasteiger partial charge in [0.15, 0.2) is 17.5 Å². The van der Waals surface area contributed by atoms with Crippen molar-refractivity contribution in [3.05, 3.63) is 175 Å². The summed E-state index contributed by atoms with van der Waals surface area (Å²) >= 11 is 1.81. The van der Waals surface area contributed by atoms with E-state index in [1.165, 1.54) is 53.6 Å². The number of thiophene rings is 1. The first-order valence-electron chi connectivity index (χ1n) is 16.8. The van der Waals surface area contributed by atoms with Gasteiger partial charge in [0.05, 0.1) is 0 Å². The molecule has 0 fully saturated rings. The summed E-state index contributed by atoms with van der Waals surface area (Å²) in [6, 6.07) is 59.9. The van der Waals surface area contributed by atoms with Crippen molar-refractivity contribution in [2.45, 2.75) is 6.92 Å². The van der Waals surface area contributed by atoms with Crippen LogP contribution in [0, 0.1) is 6.92 Å². The van der Waals surface area contributed by atoms with Crippen LogP contribution in [-0.4, -0.2) is 15.0 Å². The lowest BCUT2D eigenvalue weighted by Crippen LogP contribution is -2.00. The lowest BCUT2D eigenvalue weighted by Gasteiger charge is -2.10. The van der Waals surface area contributed by atoms with Gasteiger partial charge in [-0.2, -0.15) is 0 Å². The molecular formula is C46H31N3S. The molecule has 0 amide bonds. The first kappa shape index (κ1) is 29.9. The molecule has 7 aromatic carbocycles. The number of benzene rings is 7. The van der Waals surface area contributed by atoms with Gasteiger partial charge in [-0.05, 0) is 58.5 Å². The van der Waals surface area contributed by atoms with E-state index in [1.807, 2.05) is 41.7 Å². The molecule has 4 heteroatoms. The predicted octanol–water partition coefficient (Wildman–Crippen LogP) is 12.5. The average molecular weight is 658 g/mol. The Balaban J connectivity index is 1.14. The monoisotopic (exact) mass is 657 g/mol. The Morgan fingerprint density at radius 1 is 0.360 bits per heavy atom. The van der Waals surface area contributed by atoms with Crippen LogP contribution in [0.5, 0.6) is 0 Å². The zero-order valence-corrected chi connectivity index (χ0v) is 28.2. The van der Waals surface area contributed by atoms with E-state index in [9.17, 15) is 0 Å². The molecule has 0 atom stereocenters. The van der Waals surface area contributed by atoms with E-state index in [-0.39, 0.29) is 0 Å². The highest BCUT2D eigenvalue weighted by Crippen LogP contribution is 2.42. The molecule has 9 aromatic rings. The Bertz CT molecular complexity index is 2640. The molecule has 0 bridgehead atoms. The first-order chi connectivity index (χ1) is 24.7. The topological polar surface area (TPSA) is 38.7 Å². The average Bonchev–Trinajstić information content (AvgIpc) is 3.57. The van der Waals surface area contributed by atoms with E-state index >= 15 is 0 Å². The van der Waals surface area contributed by atoms with E-state index in [0.29, 0.717) is 17.5 Å². The van der Waals surface area contributed by atoms with Gasteiger partial charge in [0, 0.05) is 36.9 Å². The zero-order valence-electron chi connectivity index (χ0n) is 27.4. The van der Waals surface area contributed by atoms with Gasteiger partial charge >= 0.3 is 0 Å². The zero-order chi connectivity index (χ0) is 33.4. The summed E-state index contributed by atoms with van der Waals surface area (Å²) in [5.41, 5.74) is 11.4. The second-order valence-corrected chi connectivity index (χ2v) is 13.6. The van der Waals surface area contributed by atoms with E-state index in [4.69, 9.17) is 15.0 Å². The molecule has 3 nitrogen and oxygen atoms in total. The van der Waals surface area contributed by atoms with Crippen molar-refractivity contribution in [3.63, 3.8) is 0 Å². The lowest BCUT2D eigenvalue weighted by atomic mass is 9.96. The Morgan fingerprint density at radius 2 is 0.880 bits per heavy atom. The van der Waals surface area contributed by atoms with Crippen LogP contribution < -0.4 is 0 Å². The third-order valence-corrected chi connectivity index (χ3v) is 10.3. The number of rotatable bonds is 6. The molecule has 0 N–H and O–H groups in total. The highest BCUT2D eigenvalue weighted by Gasteiger charge is 2.16. The van der Waals surface area contributed by atoms with Gasteiger partial charge in [0.2, 0.25) is 0 Å². The fraction of sp³-hybridized carbons (Fsp3) is 0.0217. The normalized spacial score (nSPS) is 11.3. The number of hydrogen-bond acceptors (Lipinski definition) is 4. The van der Waals surface area contributed by atoms with Crippen LogP contribution in [0.2, 0.25) is 0 Å². The van der Waals surface area contributed by atoms with E-state index in [2.05, 4.69) is 146 Å². The maximum atomic E-state index is 5.06. The maximum absolute atomic E-state index is 5.06. The number of fused-ring (bicyclic) bond motifs is 3. The molecule has 2 heterocycles. The minimum absolute atomic E-state index is 0.654. The van der Waals surface area contributed by atoms with Crippen LogP contribution in [0.3, 0.4) is 0 Å². The second-order valence-electron chi connectivity index (χ2n) is 12.6. The summed E-state index contributed by atoms with van der Waals surface area (Å²) in [4.78, 5) is 15.1. The molecule has 0 saturated carbocycles. The summed E-state index contributed by atoms with van der Waals surface area (Å²) in [5, 5.41) is 2.51. The SMILES string of the molecule is Cc1cccc(-c2ccc(-c3nc(-c4ccccc4)nc(-c4ccc5c(c4)sc4cccc(-c6cccc(-c7ccccc7)c6)c45)n3)cc2)c1. The number of hydrogen-bond donors (Lipinski definition) is 0. The highest BCUT2D eigenvalue weighted by atomic mass is 32.1. The van der Waals surface area contributed by atoms with Gasteiger partial charge in [-0.25, -0.2) is 15.0 Å². The molecule has 0 unspecified atom stereocenters. The van der Waals surface area contributed by atoms with E-state index in [1.54, 1.807) is 0 Å². The largest absolute Gasteiger partial charge is 0.208 e. The van der Waals surface area contributed by atoms with Gasteiger partial charge in [0.1, 0.15) is 0 Å². The first-order valence-corrected chi connectivity index (χ1v) is 17.6. The third-order valence-electron chi connectivity index (χ3n) is 9.20. The predicted molar refractivity (Wildman–Crippen MR) is 210 cm³/mol. The summed E-state index contributed by atoms with van der Waals surface area (Å²) < 4.78 is 2.46. The van der Waals surface area contributed by atoms with Crippen LogP contribution >= 0.6 is 11.3 Å². The van der Waals surface area contributed by atoms with Crippen molar-refractivity contribution in [2.75, 3.05) is 0 Å². The number of aryl methyl sites for hydroxylation is 1. The fourth-order valence-corrected chi connectivity index (χ4v) is 7.86. The standard InChI is InChI=1S/C46H31N3S/c1-30-11-8-16-35(27-30)32-21-23-34(24-22-32)45-47-44(33-14-6-3-7-15-33)48-46(49-45)38-25-26-40-42(29-38)50-41-20-10-19-39(43(40)41)37-18-9-17-36(28-37)31-12-4-2-5-13-31/h2-29H,1H3. The summed E-state index contributed by atoms with van der Waals surface area (Å²) in [6.07, 6.45) is 0. The van der Waals surface area contributed by atoms with Crippen molar-refractivity contribution in [3.8, 4) is 67.5 Å². The molecular weight excluding hydrogens is 627 g/mol. The quantitative estimate of drug-likeness (QED) is 0.179. The summed E-state index contributed by atoms with van der Waals surface area (Å²) in [5.74, 6) is 1.97. The van der Waals surface area contributed by atoms with Crippen molar-refractivity contribution in [2.24, 2.45) is 0 Å². The Morgan fingerprint density at radius 3 is 1.60 bits per heavy atom. The van der Waals surface area contributed by atoms with Crippen LogP contribution in [0.1, 0.15) is 5.56 Å². The van der Waals surface area contributed by atoms with Crippen molar-refractivity contribution in [1.29, 1.82) is 0 Å². The minimum Gasteiger partial charge on any atom is -0.208 e. The molecule has 236 valence electrons. The molecule has 0 saturated heterocycles. The van der Waals surface area contributed by atoms with Crippen molar-refractivity contribution < 1.29 is 0 Å². The van der Waals surface area contributed by atoms with Gasteiger partial charge in [-0.1, -0.05) is 157 Å². The maximum Gasteiger partial charge on any atom is 0.164 e. The Labute approximate surface area is 295 Å². The van der Waals surface area contributed by atoms with Crippen LogP contribution in [0.25, 0.3) is 87.7 Å². The molecule has 0 spiro atoms.